The third-order valence-corrected chi connectivity index (χ3v) is 4.80. The van der Waals surface area contributed by atoms with Gasteiger partial charge in [0, 0.05) is 38.1 Å². The van der Waals surface area contributed by atoms with Crippen molar-refractivity contribution in [1.82, 2.24) is 4.90 Å². The molecule has 0 saturated carbocycles. The number of anilines is 1. The predicted octanol–water partition coefficient (Wildman–Crippen LogP) is 1.07. The van der Waals surface area contributed by atoms with Crippen LogP contribution in [0.1, 0.15) is 0 Å². The molecule has 0 unspecified atom stereocenters. The summed E-state index contributed by atoms with van der Waals surface area (Å²) in [6.07, 6.45) is 0. The largest absolute Gasteiger partial charge is 0.506 e. The van der Waals surface area contributed by atoms with Gasteiger partial charge in [0.05, 0.1) is 11.4 Å². The van der Waals surface area contributed by atoms with Crippen molar-refractivity contribution in [2.45, 2.75) is 0 Å². The van der Waals surface area contributed by atoms with E-state index in [1.54, 1.807) is 12.1 Å². The molecule has 0 aliphatic carbocycles. The number of rotatable bonds is 5. The smallest absolute Gasteiger partial charge is 0.172 e. The molecule has 6 heteroatoms. The van der Waals surface area contributed by atoms with Crippen LogP contribution >= 0.6 is 0 Å². The molecule has 0 atom stereocenters. The molecule has 0 amide bonds. The highest BCUT2D eigenvalue weighted by Crippen LogP contribution is 2.27. The molecule has 2 rings (SSSR count). The Morgan fingerprint density at radius 2 is 1.85 bits per heavy atom. The topological polar surface area (TPSA) is 60.9 Å². The molecule has 20 heavy (non-hydrogen) atoms. The number of phenolic OH excluding ortho intramolecular Hbond substituents is 1. The first-order valence-corrected chi connectivity index (χ1v) is 8.34. The molecule has 1 aliphatic heterocycles. The third-order valence-electron chi connectivity index (χ3n) is 3.54. The van der Waals surface area contributed by atoms with E-state index in [1.807, 2.05) is 12.1 Å². The van der Waals surface area contributed by atoms with Gasteiger partial charge in [-0.15, -0.1) is 0 Å². The maximum Gasteiger partial charge on any atom is 0.172 e. The Bertz CT molecular complexity index is 564. The molecular formula is C14H20N2O3S. The average Bonchev–Trinajstić information content (AvgIpc) is 2.46. The molecule has 1 saturated heterocycles. The molecule has 0 aromatic heterocycles. The number of para-hydroxylation sites is 2. The fourth-order valence-electron chi connectivity index (χ4n) is 2.28. The summed E-state index contributed by atoms with van der Waals surface area (Å²) in [7, 11) is -3.12. The minimum absolute atomic E-state index is 0.118. The van der Waals surface area contributed by atoms with Crippen molar-refractivity contribution < 1.29 is 13.5 Å². The molecule has 0 spiro atoms. The lowest BCUT2D eigenvalue weighted by atomic mass is 10.2. The van der Waals surface area contributed by atoms with Crippen LogP contribution in [0.15, 0.2) is 36.3 Å². The Balaban J connectivity index is 1.87. The van der Waals surface area contributed by atoms with Crippen molar-refractivity contribution in [2.24, 2.45) is 0 Å². The summed E-state index contributed by atoms with van der Waals surface area (Å²) in [5.74, 6) is 0.405. The molecule has 0 bridgehead atoms. The minimum atomic E-state index is -3.12. The second-order valence-electron chi connectivity index (χ2n) is 4.85. The standard InChI is InChI=1S/C14H20N2O3S/c1-2-20(18,19)12-11-15-7-9-16(10-8-15)13-5-3-4-6-14(13)17/h2-6,17H,1,7-12H2. The zero-order valence-electron chi connectivity index (χ0n) is 11.4. The predicted molar refractivity (Wildman–Crippen MR) is 80.7 cm³/mol. The first-order valence-electron chi connectivity index (χ1n) is 6.62. The van der Waals surface area contributed by atoms with Gasteiger partial charge in [0.2, 0.25) is 0 Å². The van der Waals surface area contributed by atoms with Gasteiger partial charge in [0.1, 0.15) is 5.75 Å². The summed E-state index contributed by atoms with van der Waals surface area (Å²) in [5, 5.41) is 10.8. The van der Waals surface area contributed by atoms with Gasteiger partial charge in [0.15, 0.2) is 9.84 Å². The number of hydrogen-bond acceptors (Lipinski definition) is 5. The van der Waals surface area contributed by atoms with Crippen LogP contribution in [-0.4, -0.2) is 56.9 Å². The summed E-state index contributed by atoms with van der Waals surface area (Å²) >= 11 is 0. The van der Waals surface area contributed by atoms with Crippen molar-refractivity contribution in [3.8, 4) is 5.75 Å². The van der Waals surface area contributed by atoms with E-state index in [0.717, 1.165) is 37.3 Å². The molecule has 0 radical (unpaired) electrons. The van der Waals surface area contributed by atoms with Crippen molar-refractivity contribution >= 4 is 15.5 Å². The van der Waals surface area contributed by atoms with Gasteiger partial charge < -0.3 is 10.0 Å². The van der Waals surface area contributed by atoms with Crippen molar-refractivity contribution in [2.75, 3.05) is 43.4 Å². The number of nitrogens with zero attached hydrogens (tertiary/aromatic N) is 2. The second-order valence-corrected chi connectivity index (χ2v) is 6.92. The van der Waals surface area contributed by atoms with E-state index in [9.17, 15) is 13.5 Å². The quantitative estimate of drug-likeness (QED) is 0.881. The number of aromatic hydroxyl groups is 1. The average molecular weight is 296 g/mol. The summed E-state index contributed by atoms with van der Waals surface area (Å²) in [4.78, 5) is 4.24. The van der Waals surface area contributed by atoms with Crippen LogP contribution in [0, 0.1) is 0 Å². The molecule has 1 aromatic carbocycles. The van der Waals surface area contributed by atoms with Gasteiger partial charge in [0.25, 0.3) is 0 Å². The van der Waals surface area contributed by atoms with Crippen molar-refractivity contribution in [3.05, 3.63) is 36.3 Å². The molecular weight excluding hydrogens is 276 g/mol. The van der Waals surface area contributed by atoms with Crippen molar-refractivity contribution in [1.29, 1.82) is 0 Å². The normalized spacial score (nSPS) is 17.1. The lowest BCUT2D eigenvalue weighted by molar-refractivity contribution is 0.271. The molecule has 1 aliphatic rings. The number of phenols is 1. The molecule has 110 valence electrons. The van der Waals surface area contributed by atoms with Gasteiger partial charge in [-0.1, -0.05) is 18.7 Å². The maximum absolute atomic E-state index is 11.4. The fraction of sp³-hybridized carbons (Fsp3) is 0.429. The van der Waals surface area contributed by atoms with E-state index in [0.29, 0.717) is 6.54 Å². The monoisotopic (exact) mass is 296 g/mol. The van der Waals surface area contributed by atoms with Crippen LogP contribution in [-0.2, 0) is 9.84 Å². The summed E-state index contributed by atoms with van der Waals surface area (Å²) in [6, 6.07) is 7.28. The number of sulfone groups is 1. The highest BCUT2D eigenvalue weighted by Gasteiger charge is 2.19. The van der Waals surface area contributed by atoms with Crippen LogP contribution in [0.2, 0.25) is 0 Å². The van der Waals surface area contributed by atoms with E-state index in [-0.39, 0.29) is 11.5 Å². The third kappa shape index (κ3) is 3.74. The molecule has 1 N–H and O–H groups in total. The Morgan fingerprint density at radius 3 is 2.45 bits per heavy atom. The Labute approximate surface area is 120 Å². The Kier molecular flexibility index (Phi) is 4.67. The Hall–Kier alpha value is -1.53. The van der Waals surface area contributed by atoms with Crippen LogP contribution in [0.5, 0.6) is 5.75 Å². The first kappa shape index (κ1) is 14.9. The van der Waals surface area contributed by atoms with Gasteiger partial charge in [-0.2, -0.15) is 0 Å². The zero-order valence-corrected chi connectivity index (χ0v) is 12.2. The molecule has 1 aromatic rings. The fourth-order valence-corrected chi connectivity index (χ4v) is 2.96. The minimum Gasteiger partial charge on any atom is -0.506 e. The zero-order chi connectivity index (χ0) is 14.6. The van der Waals surface area contributed by atoms with E-state index in [2.05, 4.69) is 16.4 Å². The van der Waals surface area contributed by atoms with Crippen molar-refractivity contribution in [3.63, 3.8) is 0 Å². The molecule has 5 nitrogen and oxygen atoms in total. The van der Waals surface area contributed by atoms with Gasteiger partial charge in [-0.25, -0.2) is 8.42 Å². The van der Waals surface area contributed by atoms with E-state index in [1.165, 1.54) is 0 Å². The second kappa shape index (κ2) is 6.28. The lowest BCUT2D eigenvalue weighted by Gasteiger charge is -2.36. The molecule has 1 fully saturated rings. The Morgan fingerprint density at radius 1 is 1.20 bits per heavy atom. The van der Waals surface area contributed by atoms with Gasteiger partial charge in [-0.05, 0) is 12.1 Å². The highest BCUT2D eigenvalue weighted by molar-refractivity contribution is 7.94. The van der Waals surface area contributed by atoms with Gasteiger partial charge >= 0.3 is 0 Å². The number of hydrogen-bond donors (Lipinski definition) is 1. The number of piperazine rings is 1. The molecule has 1 heterocycles. The van der Waals surface area contributed by atoms with Crippen LogP contribution in [0.4, 0.5) is 5.69 Å². The SMILES string of the molecule is C=CS(=O)(=O)CCN1CCN(c2ccccc2O)CC1. The number of benzene rings is 1. The summed E-state index contributed by atoms with van der Waals surface area (Å²) in [5.41, 5.74) is 0.839. The van der Waals surface area contributed by atoms with Crippen LogP contribution in [0.25, 0.3) is 0 Å². The van der Waals surface area contributed by atoms with Crippen LogP contribution < -0.4 is 4.90 Å². The van der Waals surface area contributed by atoms with Crippen LogP contribution in [0.3, 0.4) is 0 Å². The maximum atomic E-state index is 11.4. The van der Waals surface area contributed by atoms with E-state index >= 15 is 0 Å². The van der Waals surface area contributed by atoms with Gasteiger partial charge in [-0.3, -0.25) is 4.90 Å². The highest BCUT2D eigenvalue weighted by atomic mass is 32.2. The van der Waals surface area contributed by atoms with E-state index < -0.39 is 9.84 Å². The first-order chi connectivity index (χ1) is 9.52. The van der Waals surface area contributed by atoms with E-state index in [4.69, 9.17) is 0 Å². The lowest BCUT2D eigenvalue weighted by Crippen LogP contribution is -2.47. The summed E-state index contributed by atoms with van der Waals surface area (Å²) in [6.45, 7) is 7.00. The summed E-state index contributed by atoms with van der Waals surface area (Å²) < 4.78 is 22.8.